The highest BCUT2D eigenvalue weighted by Crippen LogP contribution is 2.21. The van der Waals surface area contributed by atoms with E-state index in [-0.39, 0.29) is 11.3 Å². The van der Waals surface area contributed by atoms with Crippen LogP contribution in [0.2, 0.25) is 0 Å². The minimum absolute atomic E-state index is 0.0386. The first kappa shape index (κ1) is 13.4. The molecule has 0 N–H and O–H groups in total. The molecule has 0 aliphatic heterocycles. The van der Waals surface area contributed by atoms with E-state index in [1.807, 2.05) is 6.07 Å². The van der Waals surface area contributed by atoms with Crippen LogP contribution in [0.4, 0.5) is 5.69 Å². The Balaban J connectivity index is 2.64. The molecular formula is C13H10N4O3. The molecule has 1 aromatic heterocycles. The highest BCUT2D eigenvalue weighted by Gasteiger charge is 2.12. The third-order valence-electron chi connectivity index (χ3n) is 2.75. The third kappa shape index (κ3) is 2.40. The zero-order valence-corrected chi connectivity index (χ0v) is 10.6. The van der Waals surface area contributed by atoms with Crippen molar-refractivity contribution >= 4 is 5.69 Å². The van der Waals surface area contributed by atoms with Crippen LogP contribution in [0.15, 0.2) is 35.1 Å². The zero-order chi connectivity index (χ0) is 14.7. The lowest BCUT2D eigenvalue weighted by Crippen LogP contribution is -2.24. The fourth-order valence-corrected chi connectivity index (χ4v) is 1.76. The summed E-state index contributed by atoms with van der Waals surface area (Å²) in [5.41, 5.74) is 0.259. The van der Waals surface area contributed by atoms with Crippen LogP contribution in [0.25, 0.3) is 11.3 Å². The summed E-state index contributed by atoms with van der Waals surface area (Å²) in [5.74, 6) is 0. The Morgan fingerprint density at radius 1 is 1.45 bits per heavy atom. The maximum Gasteiger partial charge on any atom is 0.284 e. The summed E-state index contributed by atoms with van der Waals surface area (Å²) in [7, 11) is 0. The van der Waals surface area contributed by atoms with E-state index in [1.54, 1.807) is 13.0 Å². The van der Waals surface area contributed by atoms with Crippen molar-refractivity contribution in [3.05, 3.63) is 56.4 Å². The number of aromatic nitrogens is 2. The molecule has 2 rings (SSSR count). The highest BCUT2D eigenvalue weighted by molar-refractivity contribution is 5.63. The van der Waals surface area contributed by atoms with Crippen molar-refractivity contribution in [2.45, 2.75) is 13.5 Å². The van der Waals surface area contributed by atoms with E-state index < -0.39 is 10.5 Å². The molecule has 2 aromatic rings. The van der Waals surface area contributed by atoms with Crippen LogP contribution in [-0.4, -0.2) is 14.7 Å². The van der Waals surface area contributed by atoms with E-state index in [0.717, 1.165) is 4.68 Å². The summed E-state index contributed by atoms with van der Waals surface area (Å²) >= 11 is 0. The molecule has 0 saturated heterocycles. The predicted molar refractivity (Wildman–Crippen MR) is 71.0 cm³/mol. The van der Waals surface area contributed by atoms with E-state index in [0.29, 0.717) is 17.8 Å². The maximum atomic E-state index is 11.8. The van der Waals surface area contributed by atoms with Gasteiger partial charge in [-0.25, -0.2) is 4.68 Å². The molecule has 1 heterocycles. The SMILES string of the molecule is CCn1nc(-c2cccc([N+](=O)[O-])c2)cc(C#N)c1=O. The van der Waals surface area contributed by atoms with Crippen molar-refractivity contribution in [3.63, 3.8) is 0 Å². The van der Waals surface area contributed by atoms with Crippen molar-refractivity contribution in [1.82, 2.24) is 9.78 Å². The fraction of sp³-hybridized carbons (Fsp3) is 0.154. The molecule has 0 fully saturated rings. The van der Waals surface area contributed by atoms with E-state index in [1.165, 1.54) is 24.3 Å². The molecule has 20 heavy (non-hydrogen) atoms. The standard InChI is InChI=1S/C13H10N4O3/c1-2-16-13(18)10(8-14)7-12(15-16)9-4-3-5-11(6-9)17(19)20/h3-7H,2H2,1H3. The quantitative estimate of drug-likeness (QED) is 0.624. The van der Waals surface area contributed by atoms with Gasteiger partial charge in [-0.15, -0.1) is 0 Å². The van der Waals surface area contributed by atoms with Gasteiger partial charge in [0.25, 0.3) is 11.2 Å². The minimum atomic E-state index is -0.509. The molecule has 0 radical (unpaired) electrons. The van der Waals surface area contributed by atoms with Gasteiger partial charge in [-0.05, 0) is 13.0 Å². The molecule has 0 aliphatic carbocycles. The van der Waals surface area contributed by atoms with Crippen molar-refractivity contribution in [3.8, 4) is 17.3 Å². The van der Waals surface area contributed by atoms with Crippen molar-refractivity contribution in [1.29, 1.82) is 5.26 Å². The first-order valence-corrected chi connectivity index (χ1v) is 5.84. The van der Waals surface area contributed by atoms with Gasteiger partial charge in [-0.3, -0.25) is 14.9 Å². The monoisotopic (exact) mass is 270 g/mol. The summed E-state index contributed by atoms with van der Waals surface area (Å²) in [6.45, 7) is 2.04. The van der Waals surface area contributed by atoms with Gasteiger partial charge in [-0.1, -0.05) is 12.1 Å². The molecule has 0 saturated carbocycles. The zero-order valence-electron chi connectivity index (χ0n) is 10.6. The van der Waals surface area contributed by atoms with Crippen LogP contribution < -0.4 is 5.56 Å². The number of nitro groups is 1. The number of benzene rings is 1. The molecule has 0 atom stereocenters. The molecular weight excluding hydrogens is 260 g/mol. The van der Waals surface area contributed by atoms with Crippen LogP contribution in [0.1, 0.15) is 12.5 Å². The van der Waals surface area contributed by atoms with Crippen molar-refractivity contribution in [2.24, 2.45) is 0 Å². The normalized spacial score (nSPS) is 10.0. The second kappa shape index (κ2) is 5.32. The molecule has 0 bridgehead atoms. The van der Waals surface area contributed by atoms with Gasteiger partial charge in [-0.2, -0.15) is 10.4 Å². The molecule has 1 aromatic carbocycles. The Bertz CT molecular complexity index is 774. The number of rotatable bonds is 3. The lowest BCUT2D eigenvalue weighted by Gasteiger charge is -2.06. The van der Waals surface area contributed by atoms with Crippen LogP contribution >= 0.6 is 0 Å². The second-order valence-electron chi connectivity index (χ2n) is 3.98. The molecule has 100 valence electrons. The van der Waals surface area contributed by atoms with Crippen LogP contribution in [-0.2, 0) is 6.54 Å². The largest absolute Gasteiger partial charge is 0.284 e. The van der Waals surface area contributed by atoms with E-state index in [4.69, 9.17) is 5.26 Å². The van der Waals surface area contributed by atoms with Gasteiger partial charge in [0.1, 0.15) is 11.6 Å². The van der Waals surface area contributed by atoms with Gasteiger partial charge in [0.05, 0.1) is 10.6 Å². The number of aryl methyl sites for hydroxylation is 1. The topological polar surface area (TPSA) is 102 Å². The average molecular weight is 270 g/mol. The highest BCUT2D eigenvalue weighted by atomic mass is 16.6. The first-order chi connectivity index (χ1) is 9.56. The van der Waals surface area contributed by atoms with Gasteiger partial charge in [0.15, 0.2) is 0 Å². The van der Waals surface area contributed by atoms with Gasteiger partial charge in [0, 0.05) is 24.2 Å². The van der Waals surface area contributed by atoms with Crippen LogP contribution in [0.5, 0.6) is 0 Å². The number of nitrogens with zero attached hydrogens (tertiary/aromatic N) is 4. The summed E-state index contributed by atoms with van der Waals surface area (Å²) in [6, 6.07) is 9.04. The van der Waals surface area contributed by atoms with E-state index in [9.17, 15) is 14.9 Å². The molecule has 0 spiro atoms. The van der Waals surface area contributed by atoms with Gasteiger partial charge >= 0.3 is 0 Å². The Kier molecular flexibility index (Phi) is 3.57. The summed E-state index contributed by atoms with van der Waals surface area (Å²) < 4.78 is 1.16. The molecule has 0 unspecified atom stereocenters. The lowest BCUT2D eigenvalue weighted by molar-refractivity contribution is -0.384. The van der Waals surface area contributed by atoms with Crippen LogP contribution in [0, 0.1) is 21.4 Å². The summed E-state index contributed by atoms with van der Waals surface area (Å²) in [4.78, 5) is 22.0. The third-order valence-corrected chi connectivity index (χ3v) is 2.75. The average Bonchev–Trinajstić information content (AvgIpc) is 2.47. The lowest BCUT2D eigenvalue weighted by atomic mass is 10.1. The number of nitro benzene ring substituents is 1. The van der Waals surface area contributed by atoms with E-state index >= 15 is 0 Å². The second-order valence-corrected chi connectivity index (χ2v) is 3.98. The van der Waals surface area contributed by atoms with Gasteiger partial charge < -0.3 is 0 Å². The Morgan fingerprint density at radius 2 is 2.20 bits per heavy atom. The maximum absolute atomic E-state index is 11.8. The van der Waals surface area contributed by atoms with Gasteiger partial charge in [0.2, 0.25) is 0 Å². The number of non-ortho nitro benzene ring substituents is 1. The molecule has 0 amide bonds. The fourth-order valence-electron chi connectivity index (χ4n) is 1.76. The van der Waals surface area contributed by atoms with Crippen LogP contribution in [0.3, 0.4) is 0 Å². The number of hydrogen-bond acceptors (Lipinski definition) is 5. The molecule has 7 heteroatoms. The first-order valence-electron chi connectivity index (χ1n) is 5.84. The van der Waals surface area contributed by atoms with Crippen molar-refractivity contribution in [2.75, 3.05) is 0 Å². The summed E-state index contributed by atoms with van der Waals surface area (Å²) in [6.07, 6.45) is 0. The predicted octanol–water partition coefficient (Wildman–Crippen LogP) is 1.71. The molecule has 7 nitrogen and oxygen atoms in total. The number of nitriles is 1. The summed E-state index contributed by atoms with van der Waals surface area (Å²) in [5, 5.41) is 23.8. The van der Waals surface area contributed by atoms with E-state index in [2.05, 4.69) is 5.10 Å². The minimum Gasteiger partial charge on any atom is -0.266 e. The Morgan fingerprint density at radius 3 is 2.80 bits per heavy atom. The van der Waals surface area contributed by atoms with Crippen molar-refractivity contribution < 1.29 is 4.92 Å². The number of hydrogen-bond donors (Lipinski definition) is 0. The Labute approximate surface area is 113 Å². The smallest absolute Gasteiger partial charge is 0.266 e. The Hall–Kier alpha value is -3.01. The molecule has 0 aliphatic rings.